The van der Waals surface area contributed by atoms with E-state index in [1.807, 2.05) is 24.3 Å². The second kappa shape index (κ2) is 28.4. The Labute approximate surface area is 414 Å². The molecule has 364 valence electrons. The van der Waals surface area contributed by atoms with Crippen LogP contribution in [0.4, 0.5) is 15.9 Å². The van der Waals surface area contributed by atoms with Gasteiger partial charge in [-0.15, -0.1) is 12.4 Å². The first-order valence-electron chi connectivity index (χ1n) is 24.2. The highest BCUT2D eigenvalue weighted by Crippen LogP contribution is 2.31. The van der Waals surface area contributed by atoms with E-state index in [4.69, 9.17) is 22.1 Å². The number of nitrogens with two attached hydrogens (primary N) is 1. The number of rotatable bonds is 16. The number of fused-ring (bicyclic) bond motifs is 1. The van der Waals surface area contributed by atoms with Gasteiger partial charge in [0, 0.05) is 50.1 Å². The van der Waals surface area contributed by atoms with Crippen molar-refractivity contribution in [3.63, 3.8) is 0 Å². The van der Waals surface area contributed by atoms with Crippen molar-refractivity contribution in [1.82, 2.24) is 25.1 Å². The molecule has 68 heavy (non-hydrogen) atoms. The molecule has 0 unspecified atom stereocenters. The zero-order valence-electron chi connectivity index (χ0n) is 39.8. The van der Waals surface area contributed by atoms with Crippen LogP contribution in [0.1, 0.15) is 103 Å². The number of likely N-dealkylation sites (tertiary alicyclic amines) is 2. The number of methoxy groups -OCH3 is 1. The number of Topliss-reactive ketones (excluding diaryl/α,β-unsaturated/α-hetero) is 2. The molecule has 3 saturated heterocycles. The number of aromatic nitrogens is 2. The third-order valence-corrected chi connectivity index (χ3v) is 13.5. The maximum Gasteiger partial charge on any atom is 0.183 e. The fourth-order valence-electron chi connectivity index (χ4n) is 9.05. The van der Waals surface area contributed by atoms with E-state index < -0.39 is 0 Å². The van der Waals surface area contributed by atoms with Crippen LogP contribution in [0.15, 0.2) is 91.0 Å². The Morgan fingerprint density at radius 2 is 1.46 bits per heavy atom. The summed E-state index contributed by atoms with van der Waals surface area (Å²) < 4.78 is 18.3. The summed E-state index contributed by atoms with van der Waals surface area (Å²) in [6.45, 7) is 12.4. The lowest BCUT2D eigenvalue weighted by atomic mass is 9.89. The zero-order chi connectivity index (χ0) is 47.4. The lowest BCUT2D eigenvalue weighted by Gasteiger charge is -2.31. The SMILES string of the molecule is CCCCN1CCC(CCC(=O)c2cc(Cl)c(N)cc2OC)CC1.Cl.N#Cc1nc2ccccc2nc1N1CCNCC1.O=C(c1ccc(F)cc1)C1CCN(CCCCc2ccccc2)CC1. The van der Waals surface area contributed by atoms with E-state index in [0.717, 1.165) is 95.6 Å². The van der Waals surface area contributed by atoms with Crippen LogP contribution in [0.5, 0.6) is 5.75 Å². The third-order valence-electron chi connectivity index (χ3n) is 13.1. The third kappa shape index (κ3) is 16.2. The number of piperazine rings is 1. The maximum absolute atomic E-state index is 13.0. The van der Waals surface area contributed by atoms with Crippen molar-refractivity contribution in [2.75, 3.05) is 83.2 Å². The van der Waals surface area contributed by atoms with Crippen LogP contribution in [0.3, 0.4) is 0 Å². The second-order valence-corrected chi connectivity index (χ2v) is 18.2. The van der Waals surface area contributed by atoms with Gasteiger partial charge >= 0.3 is 0 Å². The number of carbonyl (C=O) groups excluding carboxylic acids is 2. The molecule has 0 saturated carbocycles. The molecule has 3 fully saturated rings. The molecular formula is C54H69Cl2FN8O3. The fourth-order valence-corrected chi connectivity index (χ4v) is 9.21. The first-order chi connectivity index (χ1) is 32.6. The number of ketones is 2. The minimum Gasteiger partial charge on any atom is -0.496 e. The number of nitrogens with one attached hydrogen (secondary N) is 1. The number of carbonyl (C=O) groups is 2. The highest BCUT2D eigenvalue weighted by atomic mass is 35.5. The molecule has 8 rings (SSSR count). The number of aryl methyl sites for hydroxylation is 1. The molecule has 0 aliphatic carbocycles. The number of piperidine rings is 2. The van der Waals surface area contributed by atoms with Crippen molar-refractivity contribution in [3.8, 4) is 11.8 Å². The van der Waals surface area contributed by atoms with Gasteiger partial charge < -0.3 is 30.5 Å². The molecule has 4 aromatic carbocycles. The van der Waals surface area contributed by atoms with Crippen LogP contribution in [-0.4, -0.2) is 104 Å². The average Bonchev–Trinajstić information content (AvgIpc) is 3.38. The van der Waals surface area contributed by atoms with Crippen molar-refractivity contribution >= 4 is 58.1 Å². The van der Waals surface area contributed by atoms with Gasteiger partial charge in [0.2, 0.25) is 0 Å². The van der Waals surface area contributed by atoms with Gasteiger partial charge in [-0.1, -0.05) is 67.4 Å². The zero-order valence-corrected chi connectivity index (χ0v) is 41.4. The Bertz CT molecular complexity index is 2360. The number of hydrogen-bond donors (Lipinski definition) is 2. The summed E-state index contributed by atoms with van der Waals surface area (Å²) in [6, 6.07) is 29.6. The molecule has 1 aromatic heterocycles. The van der Waals surface area contributed by atoms with E-state index in [1.165, 1.54) is 62.8 Å². The number of benzene rings is 4. The maximum atomic E-state index is 13.0. The molecule has 14 heteroatoms. The molecule has 3 N–H and O–H groups in total. The number of hydrogen-bond acceptors (Lipinski definition) is 11. The number of anilines is 2. The van der Waals surface area contributed by atoms with Crippen LogP contribution >= 0.6 is 24.0 Å². The number of nitrogen functional groups attached to an aromatic ring is 1. The molecule has 3 aliphatic rings. The van der Waals surface area contributed by atoms with Gasteiger partial charge in [-0.05, 0) is 151 Å². The predicted molar refractivity (Wildman–Crippen MR) is 276 cm³/mol. The fraction of sp³-hybridized carbons (Fsp3) is 0.463. The summed E-state index contributed by atoms with van der Waals surface area (Å²) >= 11 is 6.06. The molecule has 0 spiro atoms. The Hall–Kier alpha value is -5.16. The first-order valence-corrected chi connectivity index (χ1v) is 24.6. The average molecular weight is 968 g/mol. The summed E-state index contributed by atoms with van der Waals surface area (Å²) in [7, 11) is 1.55. The summed E-state index contributed by atoms with van der Waals surface area (Å²) in [5.41, 5.74) is 10.8. The van der Waals surface area contributed by atoms with Crippen molar-refractivity contribution in [2.24, 2.45) is 11.8 Å². The van der Waals surface area contributed by atoms with Gasteiger partial charge in [0.15, 0.2) is 23.1 Å². The van der Waals surface area contributed by atoms with Gasteiger partial charge in [0.05, 0.1) is 34.4 Å². The smallest absolute Gasteiger partial charge is 0.183 e. The standard InChI is InChI=1S/C22H26FNO.C19H29ClN2O2.C13H13N5.ClH/c23-21-11-9-19(10-12-21)22(25)20-13-16-24(17-14-20)15-5-4-8-18-6-2-1-3-7-18;1-3-4-9-22-10-7-14(8-11-22)5-6-18(23)15-12-16(20)17(21)13-19(15)24-2;14-9-12-13(18-7-5-15-6-8-18)17-11-4-2-1-3-10(11)16-12;/h1-3,6-7,9-12,20H,4-5,8,13-17H2;12-14H,3-11,21H2,1-2H3;1-4,15H,5-8H2;1H. The summed E-state index contributed by atoms with van der Waals surface area (Å²) in [4.78, 5) is 41.1. The molecule has 0 bridgehead atoms. The van der Waals surface area contributed by atoms with Crippen LogP contribution < -0.4 is 20.7 Å². The first kappa shape index (κ1) is 53.8. The second-order valence-electron chi connectivity index (χ2n) is 17.8. The molecule has 5 aromatic rings. The summed E-state index contributed by atoms with van der Waals surface area (Å²) in [6.07, 6.45) is 11.8. The number of nitriles is 1. The number of nitrogens with zero attached hydrogens (tertiary/aromatic N) is 6. The number of ether oxygens (including phenoxy) is 1. The van der Waals surface area contributed by atoms with Gasteiger partial charge in [0.1, 0.15) is 17.6 Å². The molecule has 4 heterocycles. The van der Waals surface area contributed by atoms with Crippen molar-refractivity contribution in [3.05, 3.63) is 124 Å². The van der Waals surface area contributed by atoms with Gasteiger partial charge in [-0.25, -0.2) is 14.4 Å². The quantitative estimate of drug-likeness (QED) is 0.0555. The van der Waals surface area contributed by atoms with Gasteiger partial charge in [-0.3, -0.25) is 9.59 Å². The molecular weight excluding hydrogens is 899 g/mol. The predicted octanol–water partition coefficient (Wildman–Crippen LogP) is 10.5. The topological polar surface area (TPSA) is 141 Å². The Morgan fingerprint density at radius 3 is 2.09 bits per heavy atom. The van der Waals surface area contributed by atoms with Crippen molar-refractivity contribution in [1.29, 1.82) is 5.26 Å². The molecule has 11 nitrogen and oxygen atoms in total. The normalized spacial score (nSPS) is 15.8. The number of unbranched alkanes of at least 4 members (excludes halogenated alkanes) is 2. The molecule has 0 radical (unpaired) electrons. The van der Waals surface area contributed by atoms with Crippen LogP contribution in [0.2, 0.25) is 5.02 Å². The van der Waals surface area contributed by atoms with Crippen molar-refractivity contribution < 1.29 is 18.7 Å². The Balaban J connectivity index is 0.000000192. The summed E-state index contributed by atoms with van der Waals surface area (Å²) in [5, 5.41) is 12.9. The lowest BCUT2D eigenvalue weighted by molar-refractivity contribution is 0.0838. The van der Waals surface area contributed by atoms with E-state index >= 15 is 0 Å². The van der Waals surface area contributed by atoms with E-state index in [2.05, 4.69) is 73.3 Å². The van der Waals surface area contributed by atoms with Gasteiger partial charge in [0.25, 0.3) is 0 Å². The minimum absolute atomic E-state index is 0. The van der Waals surface area contributed by atoms with Crippen LogP contribution in [0, 0.1) is 29.0 Å². The number of para-hydroxylation sites is 2. The minimum atomic E-state index is -0.290. The largest absolute Gasteiger partial charge is 0.496 e. The monoisotopic (exact) mass is 966 g/mol. The van der Waals surface area contributed by atoms with Crippen molar-refractivity contribution in [2.45, 2.75) is 77.6 Å². The molecule has 3 aliphatic heterocycles. The lowest BCUT2D eigenvalue weighted by Crippen LogP contribution is -2.44. The highest BCUT2D eigenvalue weighted by molar-refractivity contribution is 6.33. The van der Waals surface area contributed by atoms with E-state index in [1.54, 1.807) is 31.4 Å². The Kier molecular flexibility index (Phi) is 22.4. The molecule has 0 amide bonds. The van der Waals surface area contributed by atoms with Crippen LogP contribution in [-0.2, 0) is 6.42 Å². The van der Waals surface area contributed by atoms with E-state index in [0.29, 0.717) is 51.4 Å². The summed E-state index contributed by atoms with van der Waals surface area (Å²) in [5.74, 6) is 1.91. The van der Waals surface area contributed by atoms with Gasteiger partial charge in [-0.2, -0.15) is 5.26 Å². The van der Waals surface area contributed by atoms with E-state index in [-0.39, 0.29) is 35.7 Å². The van der Waals surface area contributed by atoms with E-state index in [9.17, 15) is 19.2 Å². The Morgan fingerprint density at radius 1 is 0.838 bits per heavy atom. The molecule has 0 atom stereocenters. The number of halogens is 3. The van der Waals surface area contributed by atoms with Crippen LogP contribution in [0.25, 0.3) is 11.0 Å². The highest BCUT2D eigenvalue weighted by Gasteiger charge is 2.26.